The largest absolute Gasteiger partial charge is 0.389 e. The third kappa shape index (κ3) is 5.09. The van der Waals surface area contributed by atoms with Crippen LogP contribution in [0.15, 0.2) is 24.4 Å². The lowest BCUT2D eigenvalue weighted by Gasteiger charge is -2.25. The van der Waals surface area contributed by atoms with Crippen molar-refractivity contribution in [3.05, 3.63) is 24.4 Å². The molecule has 1 unspecified atom stereocenters. The van der Waals surface area contributed by atoms with Gasteiger partial charge in [-0.25, -0.2) is 0 Å². The zero-order valence-corrected chi connectivity index (χ0v) is 8.61. The van der Waals surface area contributed by atoms with Crippen LogP contribution in [-0.2, 0) is 4.74 Å². The molecule has 0 aromatic carbocycles. The smallest absolute Gasteiger partial charge is 0.348 e. The molecule has 0 aromatic heterocycles. The van der Waals surface area contributed by atoms with Gasteiger partial charge in [0.1, 0.15) is 0 Å². The summed E-state index contributed by atoms with van der Waals surface area (Å²) in [7, 11) is 0. The van der Waals surface area contributed by atoms with Crippen LogP contribution in [0, 0.1) is 0 Å². The Labute approximate surface area is 90.7 Å². The van der Waals surface area contributed by atoms with Crippen molar-refractivity contribution < 1.29 is 17.9 Å². The quantitative estimate of drug-likeness (QED) is 0.464. The minimum absolute atomic E-state index is 0.0474. The maximum absolute atomic E-state index is 11.8. The fourth-order valence-electron chi connectivity index (χ4n) is 1.03. The van der Waals surface area contributed by atoms with Gasteiger partial charge in [-0.1, -0.05) is 17.7 Å². The van der Waals surface area contributed by atoms with Crippen LogP contribution in [0.1, 0.15) is 12.8 Å². The first-order chi connectivity index (χ1) is 6.91. The van der Waals surface area contributed by atoms with Crippen LogP contribution >= 0.6 is 11.6 Å². The molecule has 1 heterocycles. The maximum Gasteiger partial charge on any atom is 0.389 e. The Kier molecular flexibility index (Phi) is 4.04. The van der Waals surface area contributed by atoms with Crippen molar-refractivity contribution >= 4 is 11.6 Å². The second kappa shape index (κ2) is 4.90. The topological polar surface area (TPSA) is 21.3 Å². The van der Waals surface area contributed by atoms with Crippen molar-refractivity contribution in [1.29, 1.82) is 0 Å². The van der Waals surface area contributed by atoms with E-state index in [0.29, 0.717) is 0 Å². The predicted molar refractivity (Wildman–Crippen MR) is 51.2 cm³/mol. The van der Waals surface area contributed by atoms with E-state index in [9.17, 15) is 13.2 Å². The molecule has 1 N–H and O–H groups in total. The molecule has 0 spiro atoms. The summed E-state index contributed by atoms with van der Waals surface area (Å²) in [4.78, 5) is 0. The normalized spacial score (nSPS) is 25.3. The summed E-state index contributed by atoms with van der Waals surface area (Å²) in [6.07, 6.45) is 1.36. The first kappa shape index (κ1) is 12.4. The Balaban J connectivity index is 2.20. The monoisotopic (exact) mass is 241 g/mol. The molecule has 0 radical (unpaired) electrons. The first-order valence-electron chi connectivity index (χ1n) is 4.43. The minimum atomic E-state index is -4.14. The van der Waals surface area contributed by atoms with Gasteiger partial charge in [-0.3, -0.25) is 0 Å². The number of dihydropyridines is 1. The number of ether oxygens (including phenoxy) is 1. The van der Waals surface area contributed by atoms with Crippen molar-refractivity contribution in [2.75, 3.05) is 6.61 Å². The van der Waals surface area contributed by atoms with Crippen LogP contribution in [0.5, 0.6) is 0 Å². The van der Waals surface area contributed by atoms with Gasteiger partial charge in [-0.2, -0.15) is 13.2 Å². The molecule has 0 saturated carbocycles. The van der Waals surface area contributed by atoms with E-state index in [0.717, 1.165) is 0 Å². The van der Waals surface area contributed by atoms with Crippen LogP contribution in [0.3, 0.4) is 0 Å². The standard InChI is InChI=1S/C9H11ClF3NO/c10-8(4-1-2-6-14-8)15-7-3-5-9(11,12)13/h1-2,4,6,14H,3,5,7H2. The molecule has 0 bridgehead atoms. The highest BCUT2D eigenvalue weighted by Gasteiger charge is 2.28. The fraction of sp³-hybridized carbons (Fsp3) is 0.556. The summed E-state index contributed by atoms with van der Waals surface area (Å²) in [5, 5.41) is 1.48. The average Bonchev–Trinajstić information content (AvgIpc) is 2.12. The molecule has 2 nitrogen and oxygen atoms in total. The van der Waals surface area contributed by atoms with Gasteiger partial charge in [0.05, 0.1) is 6.61 Å². The van der Waals surface area contributed by atoms with Crippen molar-refractivity contribution in [2.45, 2.75) is 24.2 Å². The van der Waals surface area contributed by atoms with Crippen molar-refractivity contribution in [3.8, 4) is 0 Å². The molecule has 6 heteroatoms. The Morgan fingerprint density at radius 3 is 2.60 bits per heavy atom. The Hall–Kier alpha value is -0.680. The van der Waals surface area contributed by atoms with E-state index >= 15 is 0 Å². The molecule has 0 saturated heterocycles. The fourth-order valence-corrected chi connectivity index (χ4v) is 1.24. The molecule has 0 aliphatic carbocycles. The molecule has 0 amide bonds. The van der Waals surface area contributed by atoms with Gasteiger partial charge in [-0.05, 0) is 18.6 Å². The minimum Gasteiger partial charge on any atom is -0.348 e. The van der Waals surface area contributed by atoms with E-state index in [4.69, 9.17) is 16.3 Å². The highest BCUT2D eigenvalue weighted by molar-refractivity contribution is 6.24. The van der Waals surface area contributed by atoms with Crippen LogP contribution < -0.4 is 5.32 Å². The number of alkyl halides is 4. The molecule has 0 aromatic rings. The van der Waals surface area contributed by atoms with E-state index < -0.39 is 17.8 Å². The zero-order chi connectivity index (χ0) is 11.4. The Bertz CT molecular complexity index is 265. The SMILES string of the molecule is FC(F)(F)CCCOC1(Cl)C=CC=CN1. The number of hydrogen-bond donors (Lipinski definition) is 1. The van der Waals surface area contributed by atoms with Crippen LogP contribution in [0.2, 0.25) is 0 Å². The average molecular weight is 242 g/mol. The van der Waals surface area contributed by atoms with Crippen molar-refractivity contribution in [3.63, 3.8) is 0 Å². The van der Waals surface area contributed by atoms with Gasteiger partial charge in [0.2, 0.25) is 5.18 Å². The van der Waals surface area contributed by atoms with E-state index in [1.54, 1.807) is 18.4 Å². The lowest BCUT2D eigenvalue weighted by atomic mass is 10.3. The Morgan fingerprint density at radius 2 is 2.07 bits per heavy atom. The molecule has 1 aliphatic rings. The van der Waals surface area contributed by atoms with E-state index in [1.807, 2.05) is 0 Å². The number of hydrogen-bond acceptors (Lipinski definition) is 2. The van der Waals surface area contributed by atoms with E-state index in [2.05, 4.69) is 5.32 Å². The Morgan fingerprint density at radius 1 is 1.33 bits per heavy atom. The van der Waals surface area contributed by atoms with Gasteiger partial charge >= 0.3 is 6.18 Å². The lowest BCUT2D eigenvalue weighted by molar-refractivity contribution is -0.139. The molecule has 0 fully saturated rings. The van der Waals surface area contributed by atoms with Crippen molar-refractivity contribution in [2.24, 2.45) is 0 Å². The number of nitrogens with one attached hydrogen (secondary N) is 1. The summed E-state index contributed by atoms with van der Waals surface area (Å²) in [6, 6.07) is 0. The molecular formula is C9H11ClF3NO. The highest BCUT2D eigenvalue weighted by Crippen LogP contribution is 2.23. The maximum atomic E-state index is 11.8. The van der Waals surface area contributed by atoms with E-state index in [1.165, 1.54) is 6.08 Å². The predicted octanol–water partition coefficient (Wildman–Crippen LogP) is 2.91. The molecule has 1 atom stereocenters. The molecule has 1 aliphatic heterocycles. The van der Waals surface area contributed by atoms with Gasteiger partial charge < -0.3 is 10.1 Å². The summed E-state index contributed by atoms with van der Waals surface area (Å²) < 4.78 is 40.4. The second-order valence-corrected chi connectivity index (χ2v) is 3.64. The zero-order valence-electron chi connectivity index (χ0n) is 7.85. The molecule has 1 rings (SSSR count). The van der Waals surface area contributed by atoms with Crippen LogP contribution in [0.4, 0.5) is 13.2 Å². The third-order valence-corrected chi connectivity index (χ3v) is 2.06. The second-order valence-electron chi connectivity index (χ2n) is 3.07. The number of rotatable bonds is 4. The molecule has 15 heavy (non-hydrogen) atoms. The molecular weight excluding hydrogens is 231 g/mol. The van der Waals surface area contributed by atoms with Gasteiger partial charge in [0.25, 0.3) is 0 Å². The summed E-state index contributed by atoms with van der Waals surface area (Å²) in [5.74, 6) is 0. The summed E-state index contributed by atoms with van der Waals surface area (Å²) >= 11 is 5.87. The van der Waals surface area contributed by atoms with Crippen molar-refractivity contribution in [1.82, 2.24) is 5.32 Å². The number of allylic oxidation sites excluding steroid dienone is 2. The third-order valence-electron chi connectivity index (χ3n) is 1.71. The van der Waals surface area contributed by atoms with E-state index in [-0.39, 0.29) is 13.0 Å². The van der Waals surface area contributed by atoms with Gasteiger partial charge in [0.15, 0.2) is 0 Å². The lowest BCUT2D eigenvalue weighted by Crippen LogP contribution is -2.38. The van der Waals surface area contributed by atoms with Crippen LogP contribution in [0.25, 0.3) is 0 Å². The highest BCUT2D eigenvalue weighted by atomic mass is 35.5. The first-order valence-corrected chi connectivity index (χ1v) is 4.81. The van der Waals surface area contributed by atoms with Crippen LogP contribution in [-0.4, -0.2) is 18.0 Å². The number of halogens is 4. The summed E-state index contributed by atoms with van der Waals surface area (Å²) in [6.45, 7) is -0.0474. The summed E-state index contributed by atoms with van der Waals surface area (Å²) in [5.41, 5.74) is 0. The van der Waals surface area contributed by atoms with Gasteiger partial charge in [0, 0.05) is 12.6 Å². The molecule has 86 valence electrons. The van der Waals surface area contributed by atoms with Gasteiger partial charge in [-0.15, -0.1) is 0 Å².